The SMILES string of the molecule is BrC1=CC2=CNNC2=CC1(Br)I. The van der Waals surface area contributed by atoms with E-state index in [9.17, 15) is 0 Å². The maximum atomic E-state index is 3.59. The van der Waals surface area contributed by atoms with E-state index in [4.69, 9.17) is 0 Å². The largest absolute Gasteiger partial charge is 0.308 e. The predicted molar refractivity (Wildman–Crippen MR) is 65.1 cm³/mol. The van der Waals surface area contributed by atoms with Crippen molar-refractivity contribution in [1.82, 2.24) is 10.9 Å². The zero-order chi connectivity index (χ0) is 8.77. The van der Waals surface area contributed by atoms with Crippen molar-refractivity contribution < 1.29 is 0 Å². The molecule has 0 bridgehead atoms. The van der Waals surface area contributed by atoms with Crippen LogP contribution in [0.2, 0.25) is 0 Å². The molecule has 0 saturated carbocycles. The third-order valence-electron chi connectivity index (χ3n) is 1.67. The molecule has 0 aromatic carbocycles. The molecule has 2 rings (SSSR count). The van der Waals surface area contributed by atoms with Crippen LogP contribution in [0.25, 0.3) is 0 Å². The molecule has 2 aliphatic rings. The van der Waals surface area contributed by atoms with Crippen LogP contribution < -0.4 is 10.9 Å². The second-order valence-electron chi connectivity index (χ2n) is 2.54. The number of hydrogen-bond donors (Lipinski definition) is 2. The number of halogens is 3. The fourth-order valence-corrected chi connectivity index (χ4v) is 2.23. The van der Waals surface area contributed by atoms with E-state index in [1.807, 2.05) is 6.20 Å². The van der Waals surface area contributed by atoms with Gasteiger partial charge in [0.2, 0.25) is 0 Å². The van der Waals surface area contributed by atoms with Crippen molar-refractivity contribution >= 4 is 54.5 Å². The van der Waals surface area contributed by atoms with Crippen molar-refractivity contribution in [1.29, 1.82) is 0 Å². The summed E-state index contributed by atoms with van der Waals surface area (Å²) in [5.41, 5.74) is 8.30. The third-order valence-corrected chi connectivity index (χ3v) is 5.35. The molecule has 0 spiro atoms. The molecule has 0 aromatic rings. The Morgan fingerprint density at radius 2 is 2.25 bits per heavy atom. The van der Waals surface area contributed by atoms with Gasteiger partial charge in [-0.15, -0.1) is 0 Å². The number of rotatable bonds is 0. The van der Waals surface area contributed by atoms with Crippen LogP contribution in [0, 0.1) is 0 Å². The maximum Gasteiger partial charge on any atom is 0.128 e. The van der Waals surface area contributed by atoms with E-state index >= 15 is 0 Å². The van der Waals surface area contributed by atoms with Gasteiger partial charge in [0, 0.05) is 16.3 Å². The molecule has 1 aliphatic heterocycles. The van der Waals surface area contributed by atoms with Gasteiger partial charge in [0.25, 0.3) is 0 Å². The molecule has 1 unspecified atom stereocenters. The summed E-state index contributed by atoms with van der Waals surface area (Å²) in [7, 11) is 0. The van der Waals surface area contributed by atoms with E-state index < -0.39 is 0 Å². The smallest absolute Gasteiger partial charge is 0.128 e. The average Bonchev–Trinajstić information content (AvgIpc) is 2.35. The van der Waals surface area contributed by atoms with Crippen LogP contribution in [0.3, 0.4) is 0 Å². The lowest BCUT2D eigenvalue weighted by Gasteiger charge is -2.21. The molecule has 12 heavy (non-hydrogen) atoms. The van der Waals surface area contributed by atoms with Crippen LogP contribution in [0.15, 0.2) is 34.1 Å². The quantitative estimate of drug-likeness (QED) is 0.480. The Hall–Kier alpha value is 0.510. The second-order valence-corrected chi connectivity index (χ2v) is 7.83. The summed E-state index contributed by atoms with van der Waals surface area (Å²) in [4.78, 5) is 0. The highest BCUT2D eigenvalue weighted by Crippen LogP contribution is 2.45. The molecule has 0 fully saturated rings. The standard InChI is InChI=1S/C7H5Br2IN2/c8-6-1-4-3-11-12-5(4)2-7(6,9)10/h1-3,11-12H. The Bertz CT molecular complexity index is 317. The van der Waals surface area contributed by atoms with E-state index in [-0.39, 0.29) is 2.33 Å². The van der Waals surface area contributed by atoms with Crippen molar-refractivity contribution in [2.75, 3.05) is 0 Å². The predicted octanol–water partition coefficient (Wildman–Crippen LogP) is 2.68. The molecule has 0 amide bonds. The first-order valence-corrected chi connectivity index (χ1v) is 5.96. The lowest BCUT2D eigenvalue weighted by Crippen LogP contribution is -2.23. The summed E-state index contributed by atoms with van der Waals surface area (Å²) in [5.74, 6) is 0. The Balaban J connectivity index is 2.45. The van der Waals surface area contributed by atoms with Gasteiger partial charge in [-0.25, -0.2) is 0 Å². The Kier molecular flexibility index (Phi) is 2.29. The van der Waals surface area contributed by atoms with Crippen LogP contribution in [-0.4, -0.2) is 2.33 Å². The first kappa shape index (κ1) is 9.08. The van der Waals surface area contributed by atoms with Gasteiger partial charge in [-0.3, -0.25) is 0 Å². The van der Waals surface area contributed by atoms with Gasteiger partial charge in [-0.2, -0.15) is 0 Å². The van der Waals surface area contributed by atoms with Crippen LogP contribution in [-0.2, 0) is 0 Å². The molecule has 2 nitrogen and oxygen atoms in total. The number of hydrazine groups is 1. The number of alkyl halides is 2. The Morgan fingerprint density at radius 1 is 1.50 bits per heavy atom. The molecule has 0 saturated heterocycles. The highest BCUT2D eigenvalue weighted by atomic mass is 127. The normalized spacial score (nSPS) is 32.4. The Labute approximate surface area is 101 Å². The Morgan fingerprint density at radius 3 is 3.00 bits per heavy atom. The minimum Gasteiger partial charge on any atom is -0.308 e. The molecule has 0 radical (unpaired) electrons. The summed E-state index contributed by atoms with van der Waals surface area (Å²) in [6, 6.07) is 0. The molecule has 1 heterocycles. The van der Waals surface area contributed by atoms with Crippen molar-refractivity contribution in [3.63, 3.8) is 0 Å². The highest BCUT2D eigenvalue weighted by molar-refractivity contribution is 14.1. The first-order valence-electron chi connectivity index (χ1n) is 3.30. The molecule has 64 valence electrons. The molecule has 0 aromatic heterocycles. The van der Waals surface area contributed by atoms with E-state index in [2.05, 4.69) is 77.5 Å². The van der Waals surface area contributed by atoms with E-state index in [1.54, 1.807) is 0 Å². The van der Waals surface area contributed by atoms with Crippen LogP contribution in [0.1, 0.15) is 0 Å². The highest BCUT2D eigenvalue weighted by Gasteiger charge is 2.30. The average molecular weight is 404 g/mol. The van der Waals surface area contributed by atoms with E-state index in [0.717, 1.165) is 10.2 Å². The van der Waals surface area contributed by atoms with Crippen LogP contribution >= 0.6 is 54.5 Å². The lowest BCUT2D eigenvalue weighted by atomic mass is 10.1. The summed E-state index contributed by atoms with van der Waals surface area (Å²) in [6.45, 7) is 0. The maximum absolute atomic E-state index is 3.59. The van der Waals surface area contributed by atoms with Crippen molar-refractivity contribution in [3.05, 3.63) is 34.1 Å². The number of nitrogens with one attached hydrogen (secondary N) is 2. The molecule has 1 atom stereocenters. The number of fused-ring (bicyclic) bond motifs is 1. The van der Waals surface area contributed by atoms with E-state index in [1.165, 1.54) is 5.57 Å². The molecule has 1 aliphatic carbocycles. The summed E-state index contributed by atoms with van der Waals surface area (Å²) < 4.78 is 1.01. The van der Waals surface area contributed by atoms with Gasteiger partial charge in [0.05, 0.1) is 5.70 Å². The molecule has 2 N–H and O–H groups in total. The zero-order valence-corrected chi connectivity index (χ0v) is 11.2. The van der Waals surface area contributed by atoms with Gasteiger partial charge in [-0.1, -0.05) is 54.5 Å². The first-order chi connectivity index (χ1) is 5.59. The van der Waals surface area contributed by atoms with Gasteiger partial charge >= 0.3 is 0 Å². The fourth-order valence-electron chi connectivity index (χ4n) is 1.06. The fraction of sp³-hybridized carbons (Fsp3) is 0.143. The molecule has 5 heteroatoms. The van der Waals surface area contributed by atoms with Gasteiger partial charge in [-0.05, 0) is 12.2 Å². The lowest BCUT2D eigenvalue weighted by molar-refractivity contribution is 0.781. The second kappa shape index (κ2) is 3.02. The molecular weight excluding hydrogens is 399 g/mol. The minimum absolute atomic E-state index is 0.115. The van der Waals surface area contributed by atoms with Gasteiger partial charge in [0.1, 0.15) is 2.33 Å². The van der Waals surface area contributed by atoms with Crippen molar-refractivity contribution in [2.24, 2.45) is 0 Å². The topological polar surface area (TPSA) is 24.1 Å². The molecular formula is C7H5Br2IN2. The summed E-state index contributed by atoms with van der Waals surface area (Å²) >= 11 is 9.43. The van der Waals surface area contributed by atoms with Crippen LogP contribution in [0.4, 0.5) is 0 Å². The van der Waals surface area contributed by atoms with Crippen molar-refractivity contribution in [2.45, 2.75) is 2.33 Å². The minimum atomic E-state index is -0.115. The van der Waals surface area contributed by atoms with E-state index in [0.29, 0.717) is 0 Å². The van der Waals surface area contributed by atoms with Crippen LogP contribution in [0.5, 0.6) is 0 Å². The number of hydrogen-bond acceptors (Lipinski definition) is 2. The summed E-state index contributed by atoms with van der Waals surface area (Å²) in [6.07, 6.45) is 6.14. The third kappa shape index (κ3) is 1.46. The monoisotopic (exact) mass is 402 g/mol. The zero-order valence-electron chi connectivity index (χ0n) is 5.87. The van der Waals surface area contributed by atoms with Crippen molar-refractivity contribution in [3.8, 4) is 0 Å². The number of allylic oxidation sites excluding steroid dienone is 3. The summed E-state index contributed by atoms with van der Waals surface area (Å²) in [5, 5.41) is 0. The van der Waals surface area contributed by atoms with Gasteiger partial charge < -0.3 is 10.9 Å². The van der Waals surface area contributed by atoms with Gasteiger partial charge in [0.15, 0.2) is 0 Å².